The van der Waals surface area contributed by atoms with E-state index in [0.29, 0.717) is 6.04 Å². The van der Waals surface area contributed by atoms with Gasteiger partial charge in [-0.05, 0) is 57.1 Å². The fourth-order valence-corrected chi connectivity index (χ4v) is 3.30. The molecule has 1 aliphatic rings. The zero-order valence-corrected chi connectivity index (χ0v) is 14.7. The average Bonchev–Trinajstić information content (AvgIpc) is 2.55. The molecule has 0 amide bonds. The van der Waals surface area contributed by atoms with Gasteiger partial charge in [-0.25, -0.2) is 0 Å². The van der Waals surface area contributed by atoms with Crippen LogP contribution in [0.3, 0.4) is 0 Å². The highest BCUT2D eigenvalue weighted by atomic mass is 35.5. The minimum absolute atomic E-state index is 0.504. The van der Waals surface area contributed by atoms with Crippen molar-refractivity contribution in [3.63, 3.8) is 0 Å². The van der Waals surface area contributed by atoms with Gasteiger partial charge in [0.1, 0.15) is 0 Å². The monoisotopic (exact) mass is 330 g/mol. The fourth-order valence-electron chi connectivity index (χ4n) is 3.18. The molecule has 0 N–H and O–H groups in total. The number of anilines is 1. The summed E-state index contributed by atoms with van der Waals surface area (Å²) in [6.45, 7) is 4.35. The Bertz CT molecular complexity index is 671. The van der Waals surface area contributed by atoms with Crippen molar-refractivity contribution in [1.82, 2.24) is 15.1 Å². The molecule has 1 aromatic heterocycles. The minimum Gasteiger partial charge on any atom is -0.354 e. The first-order valence-corrected chi connectivity index (χ1v) is 8.44. The summed E-state index contributed by atoms with van der Waals surface area (Å²) < 4.78 is 0. The van der Waals surface area contributed by atoms with Gasteiger partial charge in [0.05, 0.1) is 5.69 Å². The topological polar surface area (TPSA) is 32.3 Å². The smallest absolute Gasteiger partial charge is 0.151 e. The van der Waals surface area contributed by atoms with Gasteiger partial charge in [-0.3, -0.25) is 0 Å². The van der Waals surface area contributed by atoms with Gasteiger partial charge in [-0.1, -0.05) is 23.7 Å². The predicted octanol–water partition coefficient (Wildman–Crippen LogP) is 3.64. The quantitative estimate of drug-likeness (QED) is 0.860. The van der Waals surface area contributed by atoms with E-state index in [9.17, 15) is 0 Å². The van der Waals surface area contributed by atoms with Gasteiger partial charge in [-0.15, -0.1) is 10.2 Å². The summed E-state index contributed by atoms with van der Waals surface area (Å²) in [4.78, 5) is 4.65. The van der Waals surface area contributed by atoms with E-state index in [0.717, 1.165) is 34.2 Å². The molecule has 0 spiro atoms. The van der Waals surface area contributed by atoms with E-state index in [1.165, 1.54) is 19.4 Å². The van der Waals surface area contributed by atoms with Crippen LogP contribution in [0.15, 0.2) is 30.3 Å². The largest absolute Gasteiger partial charge is 0.354 e. The molecule has 0 unspecified atom stereocenters. The van der Waals surface area contributed by atoms with Crippen molar-refractivity contribution in [3.8, 4) is 11.3 Å². The van der Waals surface area contributed by atoms with Crippen LogP contribution >= 0.6 is 11.6 Å². The molecule has 1 aromatic carbocycles. The first-order valence-electron chi connectivity index (χ1n) is 8.06. The molecule has 1 aliphatic heterocycles. The van der Waals surface area contributed by atoms with Crippen LogP contribution in [0.1, 0.15) is 18.4 Å². The van der Waals surface area contributed by atoms with E-state index < -0.39 is 0 Å². The van der Waals surface area contributed by atoms with Gasteiger partial charge in [0, 0.05) is 30.2 Å². The predicted molar refractivity (Wildman–Crippen MR) is 96.1 cm³/mol. The standard InChI is InChI=1S/C18H23ClN4/c1-13-11-17(23(3)16-5-4-10-22(2)12-16)20-21-18(13)14-6-8-15(19)9-7-14/h6-9,11,16H,4-5,10,12H2,1-3H3/t16-/m1/s1. The highest BCUT2D eigenvalue weighted by molar-refractivity contribution is 6.30. The van der Waals surface area contributed by atoms with Crippen LogP contribution < -0.4 is 4.90 Å². The lowest BCUT2D eigenvalue weighted by Gasteiger charge is -2.36. The maximum atomic E-state index is 5.96. The molecule has 0 aliphatic carbocycles. The van der Waals surface area contributed by atoms with E-state index in [4.69, 9.17) is 11.6 Å². The lowest BCUT2D eigenvalue weighted by Crippen LogP contribution is -2.45. The first kappa shape index (κ1) is 16.2. The summed E-state index contributed by atoms with van der Waals surface area (Å²) in [6.07, 6.45) is 2.45. The second-order valence-corrected chi connectivity index (χ2v) is 6.85. The Balaban J connectivity index is 1.82. The number of piperidine rings is 1. The van der Waals surface area contributed by atoms with Crippen LogP contribution in [0.4, 0.5) is 5.82 Å². The van der Waals surface area contributed by atoms with Gasteiger partial charge in [0.2, 0.25) is 0 Å². The van der Waals surface area contributed by atoms with Crippen LogP contribution in [0, 0.1) is 6.92 Å². The maximum absolute atomic E-state index is 5.96. The highest BCUT2D eigenvalue weighted by Gasteiger charge is 2.22. The minimum atomic E-state index is 0.504. The summed E-state index contributed by atoms with van der Waals surface area (Å²) >= 11 is 5.96. The molecule has 0 radical (unpaired) electrons. The molecule has 23 heavy (non-hydrogen) atoms. The molecule has 2 heterocycles. The normalized spacial score (nSPS) is 18.9. The third-order valence-corrected chi connectivity index (χ3v) is 4.85. The Morgan fingerprint density at radius 1 is 1.22 bits per heavy atom. The molecule has 1 saturated heterocycles. The molecule has 1 atom stereocenters. The third kappa shape index (κ3) is 3.65. The number of aromatic nitrogens is 2. The van der Waals surface area contributed by atoms with Crippen LogP contribution in [0.2, 0.25) is 5.02 Å². The number of nitrogens with zero attached hydrogens (tertiary/aromatic N) is 4. The SMILES string of the molecule is Cc1cc(N(C)[C@@H]2CCCN(C)C2)nnc1-c1ccc(Cl)cc1. The van der Waals surface area contributed by atoms with Gasteiger partial charge in [0.25, 0.3) is 0 Å². The van der Waals surface area contributed by atoms with Crippen LogP contribution in [-0.4, -0.2) is 48.3 Å². The van der Waals surface area contributed by atoms with Crippen molar-refractivity contribution in [1.29, 1.82) is 0 Å². The lowest BCUT2D eigenvalue weighted by atomic mass is 10.0. The van der Waals surface area contributed by atoms with Gasteiger partial charge < -0.3 is 9.80 Å². The summed E-state index contributed by atoms with van der Waals surface area (Å²) in [7, 11) is 4.30. The Morgan fingerprint density at radius 3 is 2.61 bits per heavy atom. The van der Waals surface area contributed by atoms with Crippen molar-refractivity contribution >= 4 is 17.4 Å². The van der Waals surface area contributed by atoms with Gasteiger partial charge in [-0.2, -0.15) is 0 Å². The van der Waals surface area contributed by atoms with E-state index in [-0.39, 0.29) is 0 Å². The number of benzene rings is 1. The molecule has 5 heteroatoms. The molecular weight excluding hydrogens is 308 g/mol. The summed E-state index contributed by atoms with van der Waals surface area (Å²) in [5, 5.41) is 9.66. The van der Waals surface area contributed by atoms with Crippen molar-refractivity contribution in [2.24, 2.45) is 0 Å². The summed E-state index contributed by atoms with van der Waals surface area (Å²) in [5.74, 6) is 0.945. The number of aryl methyl sites for hydroxylation is 1. The Kier molecular flexibility index (Phi) is 4.83. The Hall–Kier alpha value is -1.65. The highest BCUT2D eigenvalue weighted by Crippen LogP contribution is 2.26. The lowest BCUT2D eigenvalue weighted by molar-refractivity contribution is 0.247. The second kappa shape index (κ2) is 6.85. The van der Waals surface area contributed by atoms with Gasteiger partial charge in [0.15, 0.2) is 5.82 Å². The zero-order chi connectivity index (χ0) is 16.4. The molecule has 0 saturated carbocycles. The Labute approximate surface area is 143 Å². The third-order valence-electron chi connectivity index (χ3n) is 4.60. The fraction of sp³-hybridized carbons (Fsp3) is 0.444. The number of likely N-dealkylation sites (tertiary alicyclic amines) is 1. The average molecular weight is 331 g/mol. The molecule has 2 aromatic rings. The molecule has 3 rings (SSSR count). The van der Waals surface area contributed by atoms with Crippen LogP contribution in [0.25, 0.3) is 11.3 Å². The molecular formula is C18H23ClN4. The molecule has 4 nitrogen and oxygen atoms in total. The van der Waals surface area contributed by atoms with E-state index in [1.54, 1.807) is 0 Å². The number of rotatable bonds is 3. The number of hydrogen-bond acceptors (Lipinski definition) is 4. The number of halogens is 1. The van der Waals surface area contributed by atoms with Crippen molar-refractivity contribution in [3.05, 3.63) is 40.9 Å². The van der Waals surface area contributed by atoms with Crippen LogP contribution in [-0.2, 0) is 0 Å². The maximum Gasteiger partial charge on any atom is 0.151 e. The van der Waals surface area contributed by atoms with E-state index in [1.807, 2.05) is 24.3 Å². The molecule has 1 fully saturated rings. The molecule has 0 bridgehead atoms. The zero-order valence-electron chi connectivity index (χ0n) is 14.0. The molecule has 122 valence electrons. The Morgan fingerprint density at radius 2 is 1.96 bits per heavy atom. The van der Waals surface area contributed by atoms with Crippen LogP contribution in [0.5, 0.6) is 0 Å². The van der Waals surface area contributed by atoms with Crippen molar-refractivity contribution < 1.29 is 0 Å². The van der Waals surface area contributed by atoms with Crippen molar-refractivity contribution in [2.45, 2.75) is 25.8 Å². The number of likely N-dealkylation sites (N-methyl/N-ethyl adjacent to an activating group) is 2. The summed E-state index contributed by atoms with van der Waals surface area (Å²) in [5.41, 5.74) is 3.10. The summed E-state index contributed by atoms with van der Waals surface area (Å²) in [6, 6.07) is 10.4. The second-order valence-electron chi connectivity index (χ2n) is 6.41. The first-order chi connectivity index (χ1) is 11.0. The van der Waals surface area contributed by atoms with E-state index >= 15 is 0 Å². The van der Waals surface area contributed by atoms with Crippen molar-refractivity contribution in [2.75, 3.05) is 32.1 Å². The number of hydrogen-bond donors (Lipinski definition) is 0. The van der Waals surface area contributed by atoms with E-state index in [2.05, 4.69) is 47.1 Å². The van der Waals surface area contributed by atoms with Gasteiger partial charge >= 0.3 is 0 Å².